The first-order valence-corrected chi connectivity index (χ1v) is 11.7. The van der Waals surface area contributed by atoms with Gasteiger partial charge in [0.15, 0.2) is 0 Å². The number of amides is 3. The number of para-hydroxylation sites is 1. The van der Waals surface area contributed by atoms with Gasteiger partial charge in [-0.2, -0.15) is 12.6 Å². The van der Waals surface area contributed by atoms with Gasteiger partial charge in [-0.15, -0.1) is 0 Å². The molecule has 0 aliphatic heterocycles. The van der Waals surface area contributed by atoms with Gasteiger partial charge in [-0.3, -0.25) is 14.4 Å². The number of nitrogens with one attached hydrogen (secondary N) is 2. The monoisotopic (exact) mass is 497 g/mol. The first-order valence-electron chi connectivity index (χ1n) is 11.1. The van der Waals surface area contributed by atoms with Crippen molar-refractivity contribution in [2.45, 2.75) is 58.7 Å². The molecule has 10 nitrogen and oxygen atoms in total. The lowest BCUT2D eigenvalue weighted by Gasteiger charge is -2.33. The Morgan fingerprint density at radius 1 is 1.15 bits per heavy atom. The minimum Gasteiger partial charge on any atom is -0.508 e. The highest BCUT2D eigenvalue weighted by molar-refractivity contribution is 7.80. The summed E-state index contributed by atoms with van der Waals surface area (Å²) < 4.78 is 10.1. The lowest BCUT2D eigenvalue weighted by atomic mass is 10.0. The molecule has 0 heterocycles. The second-order valence-corrected chi connectivity index (χ2v) is 8.68. The van der Waals surface area contributed by atoms with Crippen LogP contribution in [-0.2, 0) is 23.9 Å². The molecule has 190 valence electrons. The number of hydrogen-bond acceptors (Lipinski definition) is 8. The van der Waals surface area contributed by atoms with E-state index in [0.29, 0.717) is 0 Å². The van der Waals surface area contributed by atoms with Crippen molar-refractivity contribution < 1.29 is 33.8 Å². The predicted molar refractivity (Wildman–Crippen MR) is 130 cm³/mol. The second kappa shape index (κ2) is 13.7. The van der Waals surface area contributed by atoms with Crippen molar-refractivity contribution in [3.8, 4) is 5.75 Å². The van der Waals surface area contributed by atoms with Crippen LogP contribution in [0.2, 0.25) is 0 Å². The van der Waals surface area contributed by atoms with E-state index in [1.165, 1.54) is 17.0 Å². The average molecular weight is 498 g/mol. The van der Waals surface area contributed by atoms with E-state index in [1.807, 2.05) is 0 Å². The van der Waals surface area contributed by atoms with Crippen molar-refractivity contribution >= 4 is 36.5 Å². The standard InChI is InChI=1S/C23H35N3O7S/c1-6-26(21(30)16(14-34)25-22(31)33-23(3,4)5)19(15-10-8-9-11-17(15)27)20(29)24-13-12-18(28)32-7-2/h8-11,16,19,27,34H,6-7,12-14H2,1-5H3,(H,24,29)(H,25,31). The Hall–Kier alpha value is -2.95. The first-order chi connectivity index (χ1) is 15.9. The number of rotatable bonds is 11. The zero-order valence-corrected chi connectivity index (χ0v) is 21.2. The zero-order chi connectivity index (χ0) is 25.9. The molecule has 3 N–H and O–H groups in total. The van der Waals surface area contributed by atoms with Crippen LogP contribution in [0, 0.1) is 0 Å². The Labute approximate surface area is 205 Å². The molecule has 0 fully saturated rings. The summed E-state index contributed by atoms with van der Waals surface area (Å²) in [5, 5.41) is 15.5. The van der Waals surface area contributed by atoms with Gasteiger partial charge < -0.3 is 30.1 Å². The fraction of sp³-hybridized carbons (Fsp3) is 0.565. The van der Waals surface area contributed by atoms with E-state index in [2.05, 4.69) is 23.3 Å². The van der Waals surface area contributed by atoms with E-state index in [4.69, 9.17) is 9.47 Å². The lowest BCUT2D eigenvalue weighted by Crippen LogP contribution is -2.53. The third-order valence-corrected chi connectivity index (χ3v) is 4.89. The number of ether oxygens (including phenoxy) is 2. The van der Waals surface area contributed by atoms with E-state index >= 15 is 0 Å². The number of benzene rings is 1. The maximum atomic E-state index is 13.4. The number of alkyl carbamates (subject to hydrolysis) is 1. The van der Waals surface area contributed by atoms with E-state index < -0.39 is 41.6 Å². The van der Waals surface area contributed by atoms with Gasteiger partial charge in [0.1, 0.15) is 23.4 Å². The molecule has 0 spiro atoms. The summed E-state index contributed by atoms with van der Waals surface area (Å²) in [6.45, 7) is 8.72. The number of aromatic hydroxyl groups is 1. The number of likely N-dealkylation sites (N-methyl/N-ethyl adjacent to an activating group) is 1. The van der Waals surface area contributed by atoms with Crippen LogP contribution in [0.4, 0.5) is 4.79 Å². The Bertz CT molecular complexity index is 857. The molecule has 34 heavy (non-hydrogen) atoms. The molecular weight excluding hydrogens is 462 g/mol. The summed E-state index contributed by atoms with van der Waals surface area (Å²) in [6.07, 6.45) is -0.846. The third kappa shape index (κ3) is 9.12. The summed E-state index contributed by atoms with van der Waals surface area (Å²) in [6, 6.07) is 3.84. The Kier molecular flexibility index (Phi) is 11.7. The van der Waals surface area contributed by atoms with Crippen LogP contribution in [0.3, 0.4) is 0 Å². The summed E-state index contributed by atoms with van der Waals surface area (Å²) in [5.74, 6) is -1.89. The van der Waals surface area contributed by atoms with Crippen molar-refractivity contribution in [1.29, 1.82) is 0 Å². The lowest BCUT2D eigenvalue weighted by molar-refractivity contribution is -0.144. The Balaban J connectivity index is 3.17. The topological polar surface area (TPSA) is 134 Å². The summed E-state index contributed by atoms with van der Waals surface area (Å²) in [7, 11) is 0. The molecule has 0 aliphatic carbocycles. The number of thiol groups is 1. The van der Waals surface area contributed by atoms with Crippen molar-refractivity contribution in [2.75, 3.05) is 25.4 Å². The largest absolute Gasteiger partial charge is 0.508 e. The average Bonchev–Trinajstić information content (AvgIpc) is 2.75. The minimum absolute atomic E-state index is 0.0142. The van der Waals surface area contributed by atoms with Crippen LogP contribution in [0.5, 0.6) is 5.75 Å². The summed E-state index contributed by atoms with van der Waals surface area (Å²) >= 11 is 4.18. The SMILES string of the molecule is CCOC(=O)CCNC(=O)C(c1ccccc1O)N(CC)C(=O)C(CS)NC(=O)OC(C)(C)C. The Morgan fingerprint density at radius 3 is 2.32 bits per heavy atom. The van der Waals surface area contributed by atoms with Gasteiger partial charge in [-0.05, 0) is 40.7 Å². The molecule has 1 aromatic carbocycles. The zero-order valence-electron chi connectivity index (χ0n) is 20.3. The molecule has 1 rings (SSSR count). The van der Waals surface area contributed by atoms with Gasteiger partial charge in [0.25, 0.3) is 0 Å². The van der Waals surface area contributed by atoms with E-state index in [1.54, 1.807) is 46.8 Å². The normalized spacial score (nSPS) is 12.8. The first kappa shape index (κ1) is 29.1. The molecule has 2 unspecified atom stereocenters. The van der Waals surface area contributed by atoms with E-state index in [9.17, 15) is 24.3 Å². The molecule has 2 atom stereocenters. The number of nitrogens with zero attached hydrogens (tertiary/aromatic N) is 1. The molecule has 0 bridgehead atoms. The van der Waals surface area contributed by atoms with Crippen molar-refractivity contribution in [1.82, 2.24) is 15.5 Å². The maximum absolute atomic E-state index is 13.4. The molecule has 0 saturated carbocycles. The highest BCUT2D eigenvalue weighted by Gasteiger charge is 2.36. The number of phenols is 1. The van der Waals surface area contributed by atoms with E-state index in [-0.39, 0.29) is 43.2 Å². The summed E-state index contributed by atoms with van der Waals surface area (Å²) in [4.78, 5) is 51.6. The van der Waals surface area contributed by atoms with Gasteiger partial charge >= 0.3 is 12.1 Å². The van der Waals surface area contributed by atoms with Gasteiger partial charge in [-0.1, -0.05) is 18.2 Å². The number of esters is 1. The second-order valence-electron chi connectivity index (χ2n) is 8.31. The molecule has 0 radical (unpaired) electrons. The smallest absolute Gasteiger partial charge is 0.408 e. The third-order valence-electron chi connectivity index (χ3n) is 4.52. The van der Waals surface area contributed by atoms with Crippen LogP contribution >= 0.6 is 12.6 Å². The molecule has 0 aliphatic rings. The fourth-order valence-corrected chi connectivity index (χ4v) is 3.34. The molecule has 11 heteroatoms. The van der Waals surface area contributed by atoms with Gasteiger partial charge in [0.2, 0.25) is 11.8 Å². The number of hydrogen-bond donors (Lipinski definition) is 4. The van der Waals surface area contributed by atoms with Crippen molar-refractivity contribution in [3.63, 3.8) is 0 Å². The quantitative estimate of drug-likeness (QED) is 0.272. The number of carbonyl (C=O) groups excluding carboxylic acids is 4. The molecule has 0 aromatic heterocycles. The predicted octanol–water partition coefficient (Wildman–Crippen LogP) is 2.17. The fourth-order valence-electron chi connectivity index (χ4n) is 3.09. The van der Waals surface area contributed by atoms with Crippen molar-refractivity contribution in [3.05, 3.63) is 29.8 Å². The van der Waals surface area contributed by atoms with Crippen LogP contribution in [-0.4, -0.2) is 71.0 Å². The summed E-state index contributed by atoms with van der Waals surface area (Å²) in [5.41, 5.74) is -0.572. The minimum atomic E-state index is -1.22. The highest BCUT2D eigenvalue weighted by Crippen LogP contribution is 2.29. The number of carbonyl (C=O) groups is 4. The Morgan fingerprint density at radius 2 is 1.79 bits per heavy atom. The molecule has 3 amide bonds. The van der Waals surface area contributed by atoms with Crippen LogP contribution in [0.1, 0.15) is 52.6 Å². The molecule has 0 saturated heterocycles. The molecule has 1 aromatic rings. The van der Waals surface area contributed by atoms with Gasteiger partial charge in [-0.25, -0.2) is 4.79 Å². The van der Waals surface area contributed by atoms with Crippen LogP contribution < -0.4 is 10.6 Å². The van der Waals surface area contributed by atoms with Crippen LogP contribution in [0.15, 0.2) is 24.3 Å². The number of phenolic OH excluding ortho intramolecular Hbond substituents is 1. The maximum Gasteiger partial charge on any atom is 0.408 e. The molecular formula is C23H35N3O7S. The van der Waals surface area contributed by atoms with Gasteiger partial charge in [0.05, 0.1) is 13.0 Å². The highest BCUT2D eigenvalue weighted by atomic mass is 32.1. The van der Waals surface area contributed by atoms with E-state index in [0.717, 1.165) is 0 Å². The van der Waals surface area contributed by atoms with Gasteiger partial charge in [0, 0.05) is 24.4 Å². The van der Waals surface area contributed by atoms with Crippen LogP contribution in [0.25, 0.3) is 0 Å². The van der Waals surface area contributed by atoms with Crippen molar-refractivity contribution in [2.24, 2.45) is 0 Å².